The second-order valence-electron chi connectivity index (χ2n) is 9.69. The molecule has 0 radical (unpaired) electrons. The summed E-state index contributed by atoms with van der Waals surface area (Å²) < 4.78 is 16.3. The molecular formula is C25H35N7O4. The molecule has 0 aliphatic carbocycles. The topological polar surface area (TPSA) is 118 Å². The van der Waals surface area contributed by atoms with Crippen molar-refractivity contribution in [2.45, 2.75) is 63.6 Å². The number of anilines is 3. The number of nitrogens with zero attached hydrogens (tertiary/aromatic N) is 5. The summed E-state index contributed by atoms with van der Waals surface area (Å²) >= 11 is 0. The Morgan fingerprint density at radius 2 is 2.03 bits per heavy atom. The number of carbonyl (C=O) groups excluding carboxylic acids is 1. The number of aromatic amines is 1. The van der Waals surface area contributed by atoms with Crippen LogP contribution in [0.3, 0.4) is 0 Å². The summed E-state index contributed by atoms with van der Waals surface area (Å²) in [4.78, 5) is 26.6. The van der Waals surface area contributed by atoms with Gasteiger partial charge in [0.05, 0.1) is 13.2 Å². The molecule has 194 valence electrons. The molecule has 2 aromatic rings. The maximum Gasteiger partial charge on any atom is 0.410 e. The number of piperidine rings is 2. The Balaban J connectivity index is 1.36. The molecule has 2 N–H and O–H groups in total. The van der Waals surface area contributed by atoms with Crippen molar-refractivity contribution in [3.63, 3.8) is 0 Å². The van der Waals surface area contributed by atoms with Crippen LogP contribution in [0, 0.1) is 6.92 Å². The van der Waals surface area contributed by atoms with Gasteiger partial charge >= 0.3 is 6.09 Å². The van der Waals surface area contributed by atoms with Crippen molar-refractivity contribution in [3.05, 3.63) is 29.6 Å². The first-order valence-corrected chi connectivity index (χ1v) is 12.7. The highest BCUT2D eigenvalue weighted by Crippen LogP contribution is 2.37. The van der Waals surface area contributed by atoms with Gasteiger partial charge in [-0.25, -0.2) is 9.78 Å². The molecule has 0 saturated carbocycles. The van der Waals surface area contributed by atoms with Crippen molar-refractivity contribution in [1.29, 1.82) is 0 Å². The summed E-state index contributed by atoms with van der Waals surface area (Å²) in [7, 11) is 3.64. The lowest BCUT2D eigenvalue weighted by Gasteiger charge is -2.49. The summed E-state index contributed by atoms with van der Waals surface area (Å²) in [6, 6.07) is 4.32. The molecule has 0 aromatic carbocycles. The Bertz CT molecular complexity index is 1090. The van der Waals surface area contributed by atoms with Crippen molar-refractivity contribution in [1.82, 2.24) is 25.1 Å². The van der Waals surface area contributed by atoms with Gasteiger partial charge in [0.25, 0.3) is 0 Å². The van der Waals surface area contributed by atoms with Crippen molar-refractivity contribution in [2.24, 2.45) is 0 Å². The first-order valence-electron chi connectivity index (χ1n) is 12.7. The Morgan fingerprint density at radius 3 is 2.69 bits per heavy atom. The molecule has 5 heterocycles. The van der Waals surface area contributed by atoms with E-state index in [-0.39, 0.29) is 30.8 Å². The Kier molecular flexibility index (Phi) is 7.26. The van der Waals surface area contributed by atoms with Gasteiger partial charge < -0.3 is 29.3 Å². The Labute approximate surface area is 211 Å². The minimum Gasteiger partial charge on any atom is -0.491 e. The van der Waals surface area contributed by atoms with Crippen LogP contribution in [0.5, 0.6) is 0 Å². The number of amides is 1. The predicted octanol–water partition coefficient (Wildman–Crippen LogP) is 3.62. The van der Waals surface area contributed by atoms with Gasteiger partial charge in [0, 0.05) is 56.5 Å². The van der Waals surface area contributed by atoms with Gasteiger partial charge in [0.15, 0.2) is 5.82 Å². The summed E-state index contributed by atoms with van der Waals surface area (Å²) in [6.45, 7) is 3.30. The standard InChI is InChI=1S/C25H35N7O4/c1-16-12-23(30-29-16)27-22-15-20(21-8-5-9-35-21)26-24(28-22)31(2)19-13-17-6-4-7-18(14-19)32(17)25(33)36-11-10-34-3/h8,12,15,17-19H,4-7,9-11,13-14H2,1-3H3,(H2,26,27,28,29,30)/t17-,18+,19?. The fourth-order valence-corrected chi connectivity index (χ4v) is 5.41. The fraction of sp³-hybridized carbons (Fsp3) is 0.600. The highest BCUT2D eigenvalue weighted by molar-refractivity contribution is 5.69. The number of aryl methyl sites for hydroxylation is 1. The van der Waals surface area contributed by atoms with Crippen molar-refractivity contribution in [2.75, 3.05) is 44.2 Å². The summed E-state index contributed by atoms with van der Waals surface area (Å²) in [6.07, 6.45) is 7.48. The lowest BCUT2D eigenvalue weighted by molar-refractivity contribution is 0.00862. The van der Waals surface area contributed by atoms with Crippen LogP contribution >= 0.6 is 0 Å². The SMILES string of the molecule is COCCOC(=O)N1[C@@H]2CCC[C@H]1CC(N(C)c1nc(Nc3cc(C)[nH]n3)cc(C3=CCCO3)n1)C2. The molecule has 3 aliphatic heterocycles. The third-order valence-corrected chi connectivity index (χ3v) is 7.17. The van der Waals surface area contributed by atoms with Gasteiger partial charge in [-0.1, -0.05) is 0 Å². The molecule has 11 nitrogen and oxygen atoms in total. The van der Waals surface area contributed by atoms with Crippen LogP contribution in [0.25, 0.3) is 5.76 Å². The van der Waals surface area contributed by atoms with Crippen LogP contribution in [0.4, 0.5) is 22.4 Å². The smallest absolute Gasteiger partial charge is 0.410 e. The van der Waals surface area contributed by atoms with Gasteiger partial charge in [-0.05, 0) is 45.1 Å². The number of ether oxygens (including phenoxy) is 3. The van der Waals surface area contributed by atoms with E-state index >= 15 is 0 Å². The number of rotatable bonds is 8. The summed E-state index contributed by atoms with van der Waals surface area (Å²) in [5.74, 6) is 2.75. The number of methoxy groups -OCH3 is 1. The van der Waals surface area contributed by atoms with Crippen molar-refractivity contribution < 1.29 is 19.0 Å². The lowest BCUT2D eigenvalue weighted by atomic mass is 9.81. The molecule has 11 heteroatoms. The summed E-state index contributed by atoms with van der Waals surface area (Å²) in [5.41, 5.74) is 1.71. The maximum atomic E-state index is 12.8. The summed E-state index contributed by atoms with van der Waals surface area (Å²) in [5, 5.41) is 10.5. The average molecular weight is 498 g/mol. The Hall–Kier alpha value is -3.34. The van der Waals surface area contributed by atoms with E-state index in [0.29, 0.717) is 30.8 Å². The normalized spacial score (nSPS) is 23.1. The molecule has 3 aliphatic rings. The zero-order chi connectivity index (χ0) is 25.1. The Morgan fingerprint density at radius 1 is 1.22 bits per heavy atom. The third-order valence-electron chi connectivity index (χ3n) is 7.17. The molecule has 1 amide bonds. The highest BCUT2D eigenvalue weighted by atomic mass is 16.6. The zero-order valence-corrected chi connectivity index (χ0v) is 21.2. The van der Waals surface area contributed by atoms with E-state index in [1.807, 2.05) is 31.0 Å². The molecule has 1 unspecified atom stereocenters. The molecule has 3 atom stereocenters. The fourth-order valence-electron chi connectivity index (χ4n) is 5.41. The number of aromatic nitrogens is 4. The number of hydrogen-bond donors (Lipinski definition) is 2. The number of carbonyl (C=O) groups is 1. The van der Waals surface area contributed by atoms with E-state index in [1.54, 1.807) is 7.11 Å². The van der Waals surface area contributed by atoms with Crippen LogP contribution in [0.2, 0.25) is 0 Å². The van der Waals surface area contributed by atoms with Crippen LogP contribution in [0.15, 0.2) is 18.2 Å². The van der Waals surface area contributed by atoms with E-state index in [4.69, 9.17) is 24.2 Å². The minimum atomic E-state index is -0.229. The highest BCUT2D eigenvalue weighted by Gasteiger charge is 2.43. The monoisotopic (exact) mass is 497 g/mol. The first kappa shape index (κ1) is 24.4. The second-order valence-corrected chi connectivity index (χ2v) is 9.69. The molecule has 2 bridgehead atoms. The molecule has 36 heavy (non-hydrogen) atoms. The van der Waals surface area contributed by atoms with Gasteiger partial charge in [-0.15, -0.1) is 0 Å². The van der Waals surface area contributed by atoms with E-state index < -0.39 is 0 Å². The van der Waals surface area contributed by atoms with E-state index in [9.17, 15) is 4.79 Å². The van der Waals surface area contributed by atoms with Crippen molar-refractivity contribution in [3.8, 4) is 0 Å². The average Bonchev–Trinajstić information content (AvgIpc) is 3.55. The lowest BCUT2D eigenvalue weighted by Crippen LogP contribution is -2.58. The first-order chi connectivity index (χ1) is 17.5. The van der Waals surface area contributed by atoms with E-state index in [1.165, 1.54) is 0 Å². The van der Waals surface area contributed by atoms with Crippen molar-refractivity contribution >= 4 is 29.4 Å². The molecule has 2 aromatic heterocycles. The van der Waals surface area contributed by atoms with Gasteiger partial charge in [-0.3, -0.25) is 5.10 Å². The van der Waals surface area contributed by atoms with E-state index in [2.05, 4.69) is 26.5 Å². The third kappa shape index (κ3) is 5.25. The van der Waals surface area contributed by atoms with Crippen LogP contribution in [0.1, 0.15) is 49.9 Å². The van der Waals surface area contributed by atoms with E-state index in [0.717, 1.165) is 55.7 Å². The molecule has 2 saturated heterocycles. The quantitative estimate of drug-likeness (QED) is 0.527. The molecule has 2 fully saturated rings. The van der Waals surface area contributed by atoms with Gasteiger partial charge in [0.1, 0.15) is 23.9 Å². The second kappa shape index (κ2) is 10.7. The zero-order valence-electron chi connectivity index (χ0n) is 21.2. The molecule has 5 rings (SSSR count). The number of hydrogen-bond acceptors (Lipinski definition) is 9. The minimum absolute atomic E-state index is 0.147. The largest absolute Gasteiger partial charge is 0.491 e. The maximum absolute atomic E-state index is 12.8. The number of fused-ring (bicyclic) bond motifs is 2. The number of nitrogens with one attached hydrogen (secondary N) is 2. The number of H-pyrrole nitrogens is 1. The molecular weight excluding hydrogens is 462 g/mol. The van der Waals surface area contributed by atoms with Gasteiger partial charge in [0.2, 0.25) is 5.95 Å². The predicted molar refractivity (Wildman–Crippen MR) is 135 cm³/mol. The van der Waals surface area contributed by atoms with Crippen LogP contribution < -0.4 is 10.2 Å². The van der Waals surface area contributed by atoms with Gasteiger partial charge in [-0.2, -0.15) is 10.1 Å². The molecule has 0 spiro atoms. The van der Waals surface area contributed by atoms with Crippen LogP contribution in [-0.4, -0.2) is 83.3 Å². The van der Waals surface area contributed by atoms with Crippen LogP contribution in [-0.2, 0) is 14.2 Å².